The van der Waals surface area contributed by atoms with Crippen molar-refractivity contribution in [1.82, 2.24) is 4.90 Å². The van der Waals surface area contributed by atoms with E-state index in [9.17, 15) is 18.4 Å². The van der Waals surface area contributed by atoms with Gasteiger partial charge in [0.25, 0.3) is 5.91 Å². The molecule has 1 aromatic rings. The molecule has 1 aromatic carbocycles. The summed E-state index contributed by atoms with van der Waals surface area (Å²) in [5.74, 6) is -2.36. The van der Waals surface area contributed by atoms with Gasteiger partial charge in [-0.2, -0.15) is 0 Å². The number of esters is 1. The van der Waals surface area contributed by atoms with Crippen LogP contribution in [0.1, 0.15) is 20.3 Å². The van der Waals surface area contributed by atoms with Gasteiger partial charge in [0.1, 0.15) is 17.6 Å². The van der Waals surface area contributed by atoms with Crippen LogP contribution in [-0.2, 0) is 14.3 Å². The molecule has 2 rings (SSSR count). The molecular weight excluding hydrogens is 320 g/mol. The highest BCUT2D eigenvalue weighted by atomic mass is 19.1. The number of benzene rings is 1. The molecule has 5 nitrogen and oxygen atoms in total. The Morgan fingerprint density at radius 1 is 1.33 bits per heavy atom. The fourth-order valence-corrected chi connectivity index (χ4v) is 2.47. The molecule has 0 saturated heterocycles. The number of hydrogen-bond acceptors (Lipinski definition) is 4. The van der Waals surface area contributed by atoms with E-state index < -0.39 is 29.6 Å². The molecule has 1 heterocycles. The molecule has 1 unspecified atom stereocenters. The van der Waals surface area contributed by atoms with Crippen molar-refractivity contribution in [2.75, 3.05) is 13.7 Å². The van der Waals surface area contributed by atoms with Crippen molar-refractivity contribution in [2.45, 2.75) is 26.3 Å². The third kappa shape index (κ3) is 4.10. The van der Waals surface area contributed by atoms with Gasteiger partial charge < -0.3 is 14.4 Å². The Kier molecular flexibility index (Phi) is 5.54. The Hall–Kier alpha value is -2.44. The molecule has 0 radical (unpaired) electrons. The van der Waals surface area contributed by atoms with Gasteiger partial charge in [-0.25, -0.2) is 13.6 Å². The first-order valence-electron chi connectivity index (χ1n) is 7.53. The summed E-state index contributed by atoms with van der Waals surface area (Å²) in [6.07, 6.45) is 1.59. The first kappa shape index (κ1) is 17.9. The first-order chi connectivity index (χ1) is 11.3. The van der Waals surface area contributed by atoms with Gasteiger partial charge in [-0.15, -0.1) is 0 Å². The van der Waals surface area contributed by atoms with Gasteiger partial charge in [-0.1, -0.05) is 13.8 Å². The molecule has 1 aliphatic heterocycles. The van der Waals surface area contributed by atoms with Crippen molar-refractivity contribution < 1.29 is 27.8 Å². The maximum Gasteiger partial charge on any atom is 0.328 e. The summed E-state index contributed by atoms with van der Waals surface area (Å²) < 4.78 is 36.9. The van der Waals surface area contributed by atoms with Crippen LogP contribution in [0.3, 0.4) is 0 Å². The molecule has 1 aliphatic rings. The van der Waals surface area contributed by atoms with E-state index in [1.807, 2.05) is 13.8 Å². The predicted octanol–water partition coefficient (Wildman–Crippen LogP) is 2.66. The van der Waals surface area contributed by atoms with Crippen LogP contribution in [0.5, 0.6) is 5.75 Å². The molecule has 0 fully saturated rings. The van der Waals surface area contributed by atoms with E-state index in [-0.39, 0.29) is 24.0 Å². The molecule has 7 heteroatoms. The van der Waals surface area contributed by atoms with Gasteiger partial charge >= 0.3 is 5.97 Å². The summed E-state index contributed by atoms with van der Waals surface area (Å²) >= 11 is 0. The number of hydrogen-bond donors (Lipinski definition) is 0. The zero-order chi connectivity index (χ0) is 17.9. The van der Waals surface area contributed by atoms with E-state index >= 15 is 0 Å². The molecule has 0 saturated carbocycles. The van der Waals surface area contributed by atoms with Crippen molar-refractivity contribution >= 4 is 11.9 Å². The normalized spacial score (nSPS) is 15.5. The molecular formula is C17H19F2NO4. The van der Waals surface area contributed by atoms with E-state index in [0.717, 1.165) is 18.2 Å². The number of halogens is 2. The molecule has 130 valence electrons. The van der Waals surface area contributed by atoms with Crippen molar-refractivity contribution in [3.8, 4) is 5.75 Å². The average Bonchev–Trinajstić information content (AvgIpc) is 2.88. The monoisotopic (exact) mass is 339 g/mol. The molecule has 0 bridgehead atoms. The van der Waals surface area contributed by atoms with E-state index in [1.54, 1.807) is 0 Å². The Labute approximate surface area is 138 Å². The van der Waals surface area contributed by atoms with Gasteiger partial charge in [0.15, 0.2) is 11.6 Å². The Bertz CT molecular complexity index is 673. The summed E-state index contributed by atoms with van der Waals surface area (Å²) in [7, 11) is 1.25. The average molecular weight is 339 g/mol. The van der Waals surface area contributed by atoms with Crippen LogP contribution in [0.2, 0.25) is 0 Å². The highest BCUT2D eigenvalue weighted by molar-refractivity contribution is 5.94. The van der Waals surface area contributed by atoms with Crippen LogP contribution in [-0.4, -0.2) is 36.5 Å². The van der Waals surface area contributed by atoms with Crippen molar-refractivity contribution in [3.05, 3.63) is 41.7 Å². The lowest BCUT2D eigenvalue weighted by Crippen LogP contribution is -2.44. The Morgan fingerprint density at radius 2 is 2.04 bits per heavy atom. The van der Waals surface area contributed by atoms with E-state index in [2.05, 4.69) is 0 Å². The minimum Gasteiger partial charge on any atom is -0.467 e. The fraction of sp³-hybridized carbons (Fsp3) is 0.412. The minimum atomic E-state index is -0.753. The lowest BCUT2D eigenvalue weighted by molar-refractivity contribution is -0.151. The molecule has 0 N–H and O–H groups in total. The third-order valence-corrected chi connectivity index (χ3v) is 3.57. The van der Waals surface area contributed by atoms with Crippen LogP contribution >= 0.6 is 0 Å². The summed E-state index contributed by atoms with van der Waals surface area (Å²) in [6.45, 7) is 3.83. The van der Waals surface area contributed by atoms with Crippen molar-refractivity contribution in [1.29, 1.82) is 0 Å². The topological polar surface area (TPSA) is 55.8 Å². The quantitative estimate of drug-likeness (QED) is 0.748. The lowest BCUT2D eigenvalue weighted by Gasteiger charge is -2.27. The number of carbonyl (C=O) groups excluding carboxylic acids is 2. The minimum absolute atomic E-state index is 0.0126. The number of rotatable bonds is 6. The van der Waals surface area contributed by atoms with Crippen LogP contribution in [0.4, 0.5) is 8.78 Å². The fourth-order valence-electron chi connectivity index (χ4n) is 2.47. The zero-order valence-corrected chi connectivity index (χ0v) is 13.7. The number of nitrogens with zero attached hydrogens (tertiary/aromatic N) is 1. The highest BCUT2D eigenvalue weighted by Crippen LogP contribution is 2.25. The highest BCUT2D eigenvalue weighted by Gasteiger charge is 2.35. The van der Waals surface area contributed by atoms with Gasteiger partial charge in [0.2, 0.25) is 0 Å². The predicted molar refractivity (Wildman–Crippen MR) is 82.0 cm³/mol. The van der Waals surface area contributed by atoms with Gasteiger partial charge in [-0.3, -0.25) is 4.79 Å². The number of amides is 1. The maximum absolute atomic E-state index is 13.6. The lowest BCUT2D eigenvalue weighted by atomic mass is 10.0. The molecule has 1 amide bonds. The maximum atomic E-state index is 13.6. The smallest absolute Gasteiger partial charge is 0.328 e. The molecule has 1 atom stereocenters. The summed E-state index contributed by atoms with van der Waals surface area (Å²) in [5, 5.41) is 0. The standard InChI is InChI=1S/C17H19F2NO4/c1-10(2)6-14(17(22)23-3)20-9-12(8-16(20)21)24-15-7-11(18)4-5-13(15)19/h4-5,7-8,10,14H,6,9H2,1-3H3. The summed E-state index contributed by atoms with van der Waals surface area (Å²) in [4.78, 5) is 25.4. The number of carbonyl (C=O) groups is 2. The Balaban J connectivity index is 2.14. The van der Waals surface area contributed by atoms with E-state index in [1.165, 1.54) is 18.1 Å². The Morgan fingerprint density at radius 3 is 2.67 bits per heavy atom. The number of methoxy groups -OCH3 is 1. The third-order valence-electron chi connectivity index (χ3n) is 3.57. The largest absolute Gasteiger partial charge is 0.467 e. The molecule has 0 aromatic heterocycles. The molecule has 0 aliphatic carbocycles. The summed E-state index contributed by atoms with van der Waals surface area (Å²) in [6, 6.07) is 2.06. The van der Waals surface area contributed by atoms with E-state index in [0.29, 0.717) is 6.42 Å². The van der Waals surface area contributed by atoms with E-state index in [4.69, 9.17) is 9.47 Å². The molecule has 24 heavy (non-hydrogen) atoms. The second-order valence-electron chi connectivity index (χ2n) is 5.92. The van der Waals surface area contributed by atoms with Crippen LogP contribution < -0.4 is 4.74 Å². The van der Waals surface area contributed by atoms with Gasteiger partial charge in [-0.05, 0) is 24.5 Å². The summed E-state index contributed by atoms with van der Waals surface area (Å²) in [5.41, 5.74) is 0. The second kappa shape index (κ2) is 7.42. The number of ether oxygens (including phenoxy) is 2. The second-order valence-corrected chi connectivity index (χ2v) is 5.92. The van der Waals surface area contributed by atoms with Crippen molar-refractivity contribution in [2.24, 2.45) is 5.92 Å². The molecule has 0 spiro atoms. The first-order valence-corrected chi connectivity index (χ1v) is 7.53. The van der Waals surface area contributed by atoms with Crippen LogP contribution in [0, 0.1) is 17.6 Å². The van der Waals surface area contributed by atoms with Gasteiger partial charge in [0, 0.05) is 12.1 Å². The van der Waals surface area contributed by atoms with Crippen LogP contribution in [0.15, 0.2) is 30.0 Å². The van der Waals surface area contributed by atoms with Crippen LogP contribution in [0.25, 0.3) is 0 Å². The van der Waals surface area contributed by atoms with Gasteiger partial charge in [0.05, 0.1) is 13.7 Å². The SMILES string of the molecule is COC(=O)C(CC(C)C)N1CC(Oc2cc(F)ccc2F)=CC1=O. The van der Waals surface area contributed by atoms with Crippen molar-refractivity contribution in [3.63, 3.8) is 0 Å². The zero-order valence-electron chi connectivity index (χ0n) is 13.7.